The van der Waals surface area contributed by atoms with E-state index in [9.17, 15) is 15.2 Å². The van der Waals surface area contributed by atoms with Crippen LogP contribution in [0.3, 0.4) is 0 Å². The molecule has 0 spiro atoms. The molecule has 14 nitrogen and oxygen atoms in total. The van der Waals surface area contributed by atoms with Crippen molar-refractivity contribution >= 4 is 41.6 Å². The predicted molar refractivity (Wildman–Crippen MR) is 131 cm³/mol. The lowest BCUT2D eigenvalue weighted by atomic mass is 10.0. The molecule has 10 N–H and O–H groups in total. The Balaban J connectivity index is 0.00000324. The van der Waals surface area contributed by atoms with E-state index in [1.54, 1.807) is 0 Å². The standard InChI is InChI=1S/C19H29N11O3.ClH/c20-10-3-11(21)7-28(6-10)18-25-17(24-15-2-1-14(31)5-16(15)30(32)33)26-19(27-18)29-8-12(22)4-13(23)9-29;/h1-2,5,10-13,31H,3-4,6-9,20-23H2,(H,24,25,26,27);1H/t10-,11+,12-,13+;. The van der Waals surface area contributed by atoms with Crippen molar-refractivity contribution in [2.75, 3.05) is 41.3 Å². The first-order chi connectivity index (χ1) is 15.7. The first kappa shape index (κ1) is 25.6. The molecule has 1 aromatic carbocycles. The second-order valence-corrected chi connectivity index (χ2v) is 8.66. The number of piperidine rings is 2. The summed E-state index contributed by atoms with van der Waals surface area (Å²) in [7, 11) is 0. The Bertz CT molecular complexity index is 965. The molecule has 0 amide bonds. The van der Waals surface area contributed by atoms with E-state index in [0.29, 0.717) is 50.9 Å². The maximum atomic E-state index is 11.5. The van der Waals surface area contributed by atoms with E-state index in [1.165, 1.54) is 12.1 Å². The van der Waals surface area contributed by atoms with E-state index in [4.69, 9.17) is 22.9 Å². The molecule has 0 radical (unpaired) electrons. The van der Waals surface area contributed by atoms with Crippen molar-refractivity contribution in [3.05, 3.63) is 28.3 Å². The minimum atomic E-state index is -0.601. The second-order valence-electron chi connectivity index (χ2n) is 8.66. The van der Waals surface area contributed by atoms with Crippen LogP contribution < -0.4 is 38.1 Å². The number of halogens is 1. The van der Waals surface area contributed by atoms with Gasteiger partial charge >= 0.3 is 0 Å². The summed E-state index contributed by atoms with van der Waals surface area (Å²) in [5.74, 6) is 0.575. The second kappa shape index (κ2) is 10.5. The van der Waals surface area contributed by atoms with E-state index in [2.05, 4.69) is 20.3 Å². The highest BCUT2D eigenvalue weighted by Gasteiger charge is 2.29. The summed E-state index contributed by atoms with van der Waals surface area (Å²) in [5.41, 5.74) is 24.4. The molecule has 2 aromatic rings. The fourth-order valence-electron chi connectivity index (χ4n) is 4.27. The van der Waals surface area contributed by atoms with Gasteiger partial charge in [0.25, 0.3) is 5.69 Å². The number of aromatic hydroxyl groups is 1. The number of hydrogen-bond acceptors (Lipinski definition) is 13. The molecule has 2 aliphatic heterocycles. The lowest BCUT2D eigenvalue weighted by Gasteiger charge is -2.37. The summed E-state index contributed by atoms with van der Waals surface area (Å²) in [6.45, 7) is 2.04. The number of anilines is 4. The SMILES string of the molecule is Cl.N[C@@H]1C[C@H](N)CN(c2nc(Nc3ccc(O)cc3[N+](=O)[O-])nc(N3C[C@H](N)C[C@H](N)C3)n2)C1. The van der Waals surface area contributed by atoms with Crippen molar-refractivity contribution in [1.29, 1.82) is 0 Å². The van der Waals surface area contributed by atoms with E-state index in [-0.39, 0.29) is 59.6 Å². The van der Waals surface area contributed by atoms with Gasteiger partial charge in [-0.15, -0.1) is 12.4 Å². The molecule has 34 heavy (non-hydrogen) atoms. The van der Waals surface area contributed by atoms with Crippen LogP contribution in [-0.4, -0.2) is 75.3 Å². The first-order valence-corrected chi connectivity index (χ1v) is 10.7. The topological polar surface area (TPSA) is 225 Å². The van der Waals surface area contributed by atoms with Gasteiger partial charge in [-0.3, -0.25) is 10.1 Å². The maximum absolute atomic E-state index is 11.5. The highest BCUT2D eigenvalue weighted by atomic mass is 35.5. The third kappa shape index (κ3) is 5.90. The van der Waals surface area contributed by atoms with Crippen LogP contribution in [0.15, 0.2) is 18.2 Å². The van der Waals surface area contributed by atoms with E-state index >= 15 is 0 Å². The molecule has 4 atom stereocenters. The number of nitrogens with two attached hydrogens (primary N) is 4. The predicted octanol–water partition coefficient (Wildman–Crippen LogP) is -0.620. The molecule has 15 heteroatoms. The molecule has 0 bridgehead atoms. The third-order valence-electron chi connectivity index (χ3n) is 5.63. The molecule has 3 heterocycles. The highest BCUT2D eigenvalue weighted by molar-refractivity contribution is 5.85. The van der Waals surface area contributed by atoms with Crippen molar-refractivity contribution in [3.8, 4) is 5.75 Å². The number of nitrogens with zero attached hydrogens (tertiary/aromatic N) is 6. The van der Waals surface area contributed by atoms with E-state index < -0.39 is 4.92 Å². The lowest BCUT2D eigenvalue weighted by molar-refractivity contribution is -0.384. The van der Waals surface area contributed by atoms with Crippen molar-refractivity contribution in [2.45, 2.75) is 37.0 Å². The van der Waals surface area contributed by atoms with E-state index in [1.807, 2.05) is 9.80 Å². The Kier molecular flexibility index (Phi) is 7.89. The fourth-order valence-corrected chi connectivity index (χ4v) is 4.27. The molecular weight excluding hydrogens is 466 g/mol. The Morgan fingerprint density at radius 3 is 1.82 bits per heavy atom. The monoisotopic (exact) mass is 495 g/mol. The molecule has 2 aliphatic rings. The number of nitro benzene ring substituents is 1. The Hall–Kier alpha value is -3.04. The highest BCUT2D eigenvalue weighted by Crippen LogP contribution is 2.31. The van der Waals surface area contributed by atoms with E-state index in [0.717, 1.165) is 6.07 Å². The van der Waals surface area contributed by atoms with Crippen molar-refractivity contribution in [3.63, 3.8) is 0 Å². The quantitative estimate of drug-likeness (QED) is 0.173. The minimum Gasteiger partial charge on any atom is -0.508 e. The van der Waals surface area contributed by atoms with Crippen LogP contribution in [0.25, 0.3) is 0 Å². The fraction of sp³-hybridized carbons (Fsp3) is 0.526. The minimum absolute atomic E-state index is 0. The summed E-state index contributed by atoms with van der Waals surface area (Å²) >= 11 is 0. The molecule has 4 rings (SSSR count). The smallest absolute Gasteiger partial charge is 0.296 e. The average molecular weight is 496 g/mol. The van der Waals surface area contributed by atoms with Crippen LogP contribution in [0, 0.1) is 10.1 Å². The van der Waals surface area contributed by atoms with Crippen LogP contribution in [0.2, 0.25) is 0 Å². The summed E-state index contributed by atoms with van der Waals surface area (Å²) in [6, 6.07) is 3.22. The van der Waals surface area contributed by atoms with Gasteiger partial charge in [-0.05, 0) is 25.0 Å². The summed E-state index contributed by atoms with van der Waals surface area (Å²) < 4.78 is 0. The molecule has 0 unspecified atom stereocenters. The van der Waals surface area contributed by atoms with Crippen LogP contribution >= 0.6 is 12.4 Å². The van der Waals surface area contributed by atoms with Crippen molar-refractivity contribution in [2.24, 2.45) is 22.9 Å². The number of phenolic OH excluding ortho intramolecular Hbond substituents is 1. The van der Waals surface area contributed by atoms with Gasteiger partial charge < -0.3 is 43.2 Å². The summed E-state index contributed by atoms with van der Waals surface area (Å²) in [6.07, 6.45) is 1.38. The van der Waals surface area contributed by atoms with Crippen molar-refractivity contribution < 1.29 is 10.0 Å². The number of aromatic nitrogens is 3. The van der Waals surface area contributed by atoms with Gasteiger partial charge in [0.05, 0.1) is 11.0 Å². The Morgan fingerprint density at radius 1 is 0.912 bits per heavy atom. The van der Waals surface area contributed by atoms with Crippen LogP contribution in [0.4, 0.5) is 29.2 Å². The largest absolute Gasteiger partial charge is 0.508 e. The van der Waals surface area contributed by atoms with Crippen LogP contribution in [0.5, 0.6) is 5.75 Å². The van der Waals surface area contributed by atoms with Gasteiger partial charge in [0.15, 0.2) is 0 Å². The molecular formula is C19H30ClN11O3. The zero-order valence-electron chi connectivity index (χ0n) is 18.4. The Labute approximate surface area is 202 Å². The molecule has 186 valence electrons. The number of nitro groups is 1. The lowest BCUT2D eigenvalue weighted by Crippen LogP contribution is -2.54. The van der Waals surface area contributed by atoms with Crippen LogP contribution in [-0.2, 0) is 0 Å². The van der Waals surface area contributed by atoms with Gasteiger partial charge in [0, 0.05) is 50.3 Å². The zero-order valence-corrected chi connectivity index (χ0v) is 19.3. The van der Waals surface area contributed by atoms with Gasteiger partial charge in [0.2, 0.25) is 17.8 Å². The summed E-state index contributed by atoms with van der Waals surface area (Å²) in [5, 5.41) is 24.0. The number of rotatable bonds is 5. The number of phenols is 1. The molecule has 0 aliphatic carbocycles. The van der Waals surface area contributed by atoms with Gasteiger partial charge in [-0.1, -0.05) is 0 Å². The molecule has 1 aromatic heterocycles. The Morgan fingerprint density at radius 2 is 1.38 bits per heavy atom. The average Bonchev–Trinajstić information content (AvgIpc) is 2.73. The normalized spacial score (nSPS) is 24.9. The number of nitrogens with one attached hydrogen (secondary N) is 1. The number of benzene rings is 1. The van der Waals surface area contributed by atoms with Gasteiger partial charge in [-0.25, -0.2) is 0 Å². The van der Waals surface area contributed by atoms with Gasteiger partial charge in [-0.2, -0.15) is 15.0 Å². The maximum Gasteiger partial charge on any atom is 0.296 e. The van der Waals surface area contributed by atoms with Crippen molar-refractivity contribution in [1.82, 2.24) is 15.0 Å². The number of hydrogen-bond donors (Lipinski definition) is 6. The zero-order chi connectivity index (χ0) is 23.7. The van der Waals surface area contributed by atoms with Crippen LogP contribution in [0.1, 0.15) is 12.8 Å². The molecule has 2 fully saturated rings. The first-order valence-electron chi connectivity index (χ1n) is 10.7. The summed E-state index contributed by atoms with van der Waals surface area (Å²) in [4.78, 5) is 28.2. The third-order valence-corrected chi connectivity index (χ3v) is 5.63. The van der Waals surface area contributed by atoms with Gasteiger partial charge in [0.1, 0.15) is 11.4 Å². The molecule has 0 saturated carbocycles. The molecule has 2 saturated heterocycles.